The highest BCUT2D eigenvalue weighted by molar-refractivity contribution is 7.90. The summed E-state index contributed by atoms with van der Waals surface area (Å²) in [4.78, 5) is 10.9. The van der Waals surface area contributed by atoms with E-state index in [0.717, 1.165) is 6.26 Å². The van der Waals surface area contributed by atoms with Crippen molar-refractivity contribution in [3.63, 3.8) is 0 Å². The number of rotatable bonds is 5. The Bertz CT molecular complexity index is 380. The van der Waals surface area contributed by atoms with Crippen LogP contribution in [0.3, 0.4) is 0 Å². The smallest absolute Gasteiger partial charge is 0.299 e. The minimum Gasteiger partial charge on any atom is -0.299 e. The third-order valence-electron chi connectivity index (χ3n) is 1.91. The van der Waals surface area contributed by atoms with Crippen LogP contribution >= 0.6 is 0 Å². The van der Waals surface area contributed by atoms with Gasteiger partial charge in [0.1, 0.15) is 9.84 Å². The molecule has 0 aromatic carbocycles. The van der Waals surface area contributed by atoms with Crippen LogP contribution in [0.1, 0.15) is 12.8 Å². The molecule has 0 saturated heterocycles. The van der Waals surface area contributed by atoms with Gasteiger partial charge in [-0.2, -0.15) is 26.3 Å². The lowest BCUT2D eigenvalue weighted by Gasteiger charge is -2.21. The normalized spacial score (nSPS) is 14.0. The molecule has 0 bridgehead atoms. The number of sulfone groups is 1. The van der Waals surface area contributed by atoms with Gasteiger partial charge in [0.25, 0.3) is 0 Å². The summed E-state index contributed by atoms with van der Waals surface area (Å²) in [5.41, 5.74) is 0. The van der Waals surface area contributed by atoms with Crippen LogP contribution in [0.2, 0.25) is 0 Å². The predicted octanol–water partition coefficient (Wildman–Crippen LogP) is 2.12. The van der Waals surface area contributed by atoms with Crippen molar-refractivity contribution in [3.8, 4) is 0 Å². The van der Waals surface area contributed by atoms with Gasteiger partial charge in [0.15, 0.2) is 5.78 Å². The first kappa shape index (κ1) is 17.2. The van der Waals surface area contributed by atoms with Gasteiger partial charge < -0.3 is 0 Å². The molecule has 0 heterocycles. The van der Waals surface area contributed by atoms with Gasteiger partial charge in [-0.3, -0.25) is 4.79 Å². The molecule has 0 aliphatic carbocycles. The lowest BCUT2D eigenvalue weighted by molar-refractivity contribution is -0.273. The summed E-state index contributed by atoms with van der Waals surface area (Å²) in [6, 6.07) is 0. The van der Waals surface area contributed by atoms with Crippen molar-refractivity contribution in [2.24, 2.45) is 5.92 Å². The van der Waals surface area contributed by atoms with Gasteiger partial charge in [-0.1, -0.05) is 0 Å². The van der Waals surface area contributed by atoms with Crippen molar-refractivity contribution in [1.82, 2.24) is 0 Å². The van der Waals surface area contributed by atoms with E-state index in [2.05, 4.69) is 0 Å². The van der Waals surface area contributed by atoms with Crippen LogP contribution in [0.5, 0.6) is 0 Å². The average molecular weight is 300 g/mol. The van der Waals surface area contributed by atoms with Crippen LogP contribution in [0.15, 0.2) is 0 Å². The number of hydrogen-bond acceptors (Lipinski definition) is 3. The second-order valence-corrected chi connectivity index (χ2v) is 5.98. The van der Waals surface area contributed by atoms with Gasteiger partial charge in [-0.05, 0) is 6.42 Å². The van der Waals surface area contributed by atoms with E-state index in [1.165, 1.54) is 0 Å². The van der Waals surface area contributed by atoms with Crippen LogP contribution < -0.4 is 0 Å². The minimum absolute atomic E-state index is 0.569. The van der Waals surface area contributed by atoms with Crippen molar-refractivity contribution < 1.29 is 39.6 Å². The van der Waals surface area contributed by atoms with Crippen molar-refractivity contribution in [2.75, 3.05) is 12.0 Å². The second kappa shape index (κ2) is 5.45. The molecule has 0 aromatic heterocycles. The van der Waals surface area contributed by atoms with Gasteiger partial charge in [0.05, 0.1) is 5.75 Å². The van der Waals surface area contributed by atoms with Gasteiger partial charge in [0.2, 0.25) is 5.92 Å². The van der Waals surface area contributed by atoms with E-state index in [1.54, 1.807) is 0 Å². The first-order valence-corrected chi connectivity index (χ1v) is 6.65. The van der Waals surface area contributed by atoms with Crippen LogP contribution in [-0.2, 0) is 14.6 Å². The van der Waals surface area contributed by atoms with Crippen LogP contribution in [-0.4, -0.2) is 38.6 Å². The topological polar surface area (TPSA) is 51.2 Å². The zero-order valence-electron chi connectivity index (χ0n) is 9.10. The Morgan fingerprint density at radius 2 is 1.44 bits per heavy atom. The molecule has 0 atom stereocenters. The molecular formula is C8H10F6O3S. The lowest BCUT2D eigenvalue weighted by atomic mass is 9.99. The largest absolute Gasteiger partial charge is 0.407 e. The molecule has 0 aliphatic heterocycles. The third kappa shape index (κ3) is 6.22. The van der Waals surface area contributed by atoms with Gasteiger partial charge in [-0.15, -0.1) is 0 Å². The fraction of sp³-hybridized carbons (Fsp3) is 0.875. The SMILES string of the molecule is CS(=O)(=O)CCCC(=O)C(C(F)(F)F)C(F)(F)F. The Kier molecular flexibility index (Phi) is 5.21. The summed E-state index contributed by atoms with van der Waals surface area (Å²) < 4.78 is 93.7. The number of Topliss-reactive ketones (excluding diaryl/α,β-unsaturated/α-hetero) is 1. The number of hydrogen-bond donors (Lipinski definition) is 0. The molecule has 0 fully saturated rings. The molecule has 0 spiro atoms. The molecule has 0 amide bonds. The zero-order valence-corrected chi connectivity index (χ0v) is 9.92. The van der Waals surface area contributed by atoms with Crippen LogP contribution in [0, 0.1) is 5.92 Å². The van der Waals surface area contributed by atoms with E-state index in [-0.39, 0.29) is 0 Å². The van der Waals surface area contributed by atoms with Crippen molar-refractivity contribution in [2.45, 2.75) is 25.2 Å². The Labute approximate surface area is 99.1 Å². The maximum Gasteiger partial charge on any atom is 0.407 e. The van der Waals surface area contributed by atoms with E-state index in [9.17, 15) is 39.6 Å². The minimum atomic E-state index is -5.72. The third-order valence-corrected chi connectivity index (χ3v) is 2.95. The summed E-state index contributed by atoms with van der Waals surface area (Å²) in [5, 5.41) is 0. The quantitative estimate of drug-likeness (QED) is 0.731. The van der Waals surface area contributed by atoms with Crippen molar-refractivity contribution in [1.29, 1.82) is 0 Å². The molecule has 0 rings (SSSR count). The first-order chi connectivity index (χ1) is 7.75. The molecule has 10 heteroatoms. The lowest BCUT2D eigenvalue weighted by Crippen LogP contribution is -2.42. The highest BCUT2D eigenvalue weighted by atomic mass is 32.2. The summed E-state index contributed by atoms with van der Waals surface area (Å²) in [5.74, 6) is -6.76. The van der Waals surface area contributed by atoms with Gasteiger partial charge >= 0.3 is 12.4 Å². The fourth-order valence-corrected chi connectivity index (χ4v) is 1.87. The standard InChI is InChI=1S/C8H10F6O3S/c1-18(16,17)4-2-3-5(15)6(7(9,10)11)8(12,13)14/h6H,2-4H2,1H3. The number of ketones is 1. The molecule has 0 N–H and O–H groups in total. The number of halogens is 6. The molecule has 0 aromatic rings. The van der Waals surface area contributed by atoms with Crippen LogP contribution in [0.25, 0.3) is 0 Å². The summed E-state index contributed by atoms with van der Waals surface area (Å²) in [6.45, 7) is 0. The summed E-state index contributed by atoms with van der Waals surface area (Å²) in [6.07, 6.45) is -12.3. The second-order valence-electron chi connectivity index (χ2n) is 3.72. The van der Waals surface area contributed by atoms with Gasteiger partial charge in [0, 0.05) is 12.7 Å². The Morgan fingerprint density at radius 3 is 1.72 bits per heavy atom. The van der Waals surface area contributed by atoms with E-state index in [1.807, 2.05) is 0 Å². The molecule has 108 valence electrons. The average Bonchev–Trinajstić information content (AvgIpc) is 1.93. The van der Waals surface area contributed by atoms with Gasteiger partial charge in [-0.25, -0.2) is 8.42 Å². The predicted molar refractivity (Wildman–Crippen MR) is 49.6 cm³/mol. The number of carbonyl (C=O) groups excluding carboxylic acids is 1. The zero-order chi connectivity index (χ0) is 14.8. The summed E-state index contributed by atoms with van der Waals surface area (Å²) >= 11 is 0. The molecule has 3 nitrogen and oxygen atoms in total. The highest BCUT2D eigenvalue weighted by Crippen LogP contribution is 2.40. The van der Waals surface area contributed by atoms with Crippen LogP contribution in [0.4, 0.5) is 26.3 Å². The number of carbonyl (C=O) groups is 1. The Balaban J connectivity index is 4.72. The maximum absolute atomic E-state index is 12.1. The van der Waals surface area contributed by atoms with Crippen molar-refractivity contribution >= 4 is 15.6 Å². The summed E-state index contributed by atoms with van der Waals surface area (Å²) in [7, 11) is -3.53. The molecule has 0 unspecified atom stereocenters. The van der Waals surface area contributed by atoms with E-state index in [4.69, 9.17) is 0 Å². The molecule has 0 saturated carbocycles. The molecule has 18 heavy (non-hydrogen) atoms. The fourth-order valence-electron chi connectivity index (χ4n) is 1.20. The maximum atomic E-state index is 12.1. The molecular weight excluding hydrogens is 290 g/mol. The van der Waals surface area contributed by atoms with E-state index in [0.29, 0.717) is 0 Å². The van der Waals surface area contributed by atoms with E-state index >= 15 is 0 Å². The first-order valence-electron chi connectivity index (χ1n) is 4.59. The molecule has 0 radical (unpaired) electrons. The Morgan fingerprint density at radius 1 is 1.06 bits per heavy atom. The monoisotopic (exact) mass is 300 g/mol. The van der Waals surface area contributed by atoms with Crippen molar-refractivity contribution in [3.05, 3.63) is 0 Å². The van der Waals surface area contributed by atoms with E-state index < -0.39 is 52.5 Å². The molecule has 0 aliphatic rings. The Hall–Kier alpha value is -0.800. The highest BCUT2D eigenvalue weighted by Gasteiger charge is 2.60. The number of alkyl halides is 6.